The zero-order valence-electron chi connectivity index (χ0n) is 14.6. The van der Waals surface area contributed by atoms with E-state index in [0.29, 0.717) is 18.5 Å². The Labute approximate surface area is 147 Å². The van der Waals surface area contributed by atoms with Gasteiger partial charge in [0.1, 0.15) is 11.5 Å². The SMILES string of the molecule is CC(C)c1nc2n(n1)CC(NCc1cc(-c3ccccc3)no1)CC2. The lowest BCUT2D eigenvalue weighted by Crippen LogP contribution is -2.37. The molecule has 0 fully saturated rings. The van der Waals surface area contributed by atoms with Gasteiger partial charge in [0.05, 0.1) is 13.1 Å². The van der Waals surface area contributed by atoms with Gasteiger partial charge in [0.25, 0.3) is 0 Å². The van der Waals surface area contributed by atoms with Gasteiger partial charge >= 0.3 is 0 Å². The van der Waals surface area contributed by atoms with E-state index < -0.39 is 0 Å². The second-order valence-corrected chi connectivity index (χ2v) is 6.88. The number of hydrogen-bond acceptors (Lipinski definition) is 5. The Kier molecular flexibility index (Phi) is 4.36. The zero-order valence-corrected chi connectivity index (χ0v) is 14.6. The molecule has 0 bridgehead atoms. The molecule has 0 saturated carbocycles. The highest BCUT2D eigenvalue weighted by atomic mass is 16.5. The number of benzene rings is 1. The number of nitrogens with zero attached hydrogens (tertiary/aromatic N) is 4. The Morgan fingerprint density at radius 2 is 2.12 bits per heavy atom. The van der Waals surface area contributed by atoms with Crippen molar-refractivity contribution in [1.82, 2.24) is 25.2 Å². The monoisotopic (exact) mass is 337 g/mol. The van der Waals surface area contributed by atoms with Crippen LogP contribution in [-0.2, 0) is 19.5 Å². The largest absolute Gasteiger partial charge is 0.359 e. The van der Waals surface area contributed by atoms with E-state index in [-0.39, 0.29) is 0 Å². The number of rotatable bonds is 5. The van der Waals surface area contributed by atoms with Crippen LogP contribution in [0.15, 0.2) is 40.9 Å². The van der Waals surface area contributed by atoms with E-state index in [4.69, 9.17) is 4.52 Å². The lowest BCUT2D eigenvalue weighted by Gasteiger charge is -2.23. The minimum absolute atomic E-state index is 0.370. The van der Waals surface area contributed by atoms with Crippen LogP contribution in [0.25, 0.3) is 11.3 Å². The van der Waals surface area contributed by atoms with Gasteiger partial charge in [-0.05, 0) is 6.42 Å². The van der Waals surface area contributed by atoms with Gasteiger partial charge in [-0.3, -0.25) is 0 Å². The molecule has 0 saturated heterocycles. The van der Waals surface area contributed by atoms with Gasteiger partial charge in [-0.2, -0.15) is 5.10 Å². The van der Waals surface area contributed by atoms with Crippen molar-refractivity contribution < 1.29 is 4.52 Å². The van der Waals surface area contributed by atoms with E-state index in [0.717, 1.165) is 48.1 Å². The van der Waals surface area contributed by atoms with Crippen LogP contribution in [0, 0.1) is 0 Å². The fourth-order valence-corrected chi connectivity index (χ4v) is 3.13. The summed E-state index contributed by atoms with van der Waals surface area (Å²) in [6.45, 7) is 5.79. The molecule has 3 aromatic rings. The van der Waals surface area contributed by atoms with Crippen molar-refractivity contribution in [3.8, 4) is 11.3 Å². The average Bonchev–Trinajstić information content (AvgIpc) is 3.27. The van der Waals surface area contributed by atoms with Crippen LogP contribution >= 0.6 is 0 Å². The molecule has 0 aliphatic carbocycles. The van der Waals surface area contributed by atoms with Gasteiger partial charge in [-0.1, -0.05) is 49.3 Å². The summed E-state index contributed by atoms with van der Waals surface area (Å²) < 4.78 is 7.52. The van der Waals surface area contributed by atoms with Crippen LogP contribution in [0.1, 0.15) is 43.6 Å². The molecule has 4 rings (SSSR count). The number of aromatic nitrogens is 4. The van der Waals surface area contributed by atoms with Crippen LogP contribution < -0.4 is 5.32 Å². The highest BCUT2D eigenvalue weighted by Gasteiger charge is 2.22. The zero-order chi connectivity index (χ0) is 17.2. The molecule has 2 aromatic heterocycles. The van der Waals surface area contributed by atoms with Crippen LogP contribution in [0.4, 0.5) is 0 Å². The third-order valence-corrected chi connectivity index (χ3v) is 4.58. The molecule has 3 heterocycles. The van der Waals surface area contributed by atoms with Crippen molar-refractivity contribution >= 4 is 0 Å². The Bertz CT molecular complexity index is 837. The second-order valence-electron chi connectivity index (χ2n) is 6.88. The Hall–Kier alpha value is -2.47. The molecule has 1 aliphatic rings. The first kappa shape index (κ1) is 16.0. The normalized spacial score (nSPS) is 17.0. The quantitative estimate of drug-likeness (QED) is 0.774. The van der Waals surface area contributed by atoms with Crippen molar-refractivity contribution in [1.29, 1.82) is 0 Å². The summed E-state index contributed by atoms with van der Waals surface area (Å²) in [5, 5.41) is 12.4. The first-order valence-electron chi connectivity index (χ1n) is 8.87. The molecular weight excluding hydrogens is 314 g/mol. The maximum Gasteiger partial charge on any atom is 0.153 e. The van der Waals surface area contributed by atoms with Crippen LogP contribution in [-0.4, -0.2) is 26.0 Å². The second kappa shape index (κ2) is 6.80. The number of nitrogens with one attached hydrogen (secondary N) is 1. The molecule has 0 amide bonds. The first-order valence-corrected chi connectivity index (χ1v) is 8.87. The number of fused-ring (bicyclic) bond motifs is 1. The lowest BCUT2D eigenvalue weighted by molar-refractivity contribution is 0.325. The summed E-state index contributed by atoms with van der Waals surface area (Å²) in [5.41, 5.74) is 1.95. The first-order chi connectivity index (χ1) is 12.2. The Morgan fingerprint density at radius 3 is 2.92 bits per heavy atom. The molecule has 1 atom stereocenters. The smallest absolute Gasteiger partial charge is 0.153 e. The fraction of sp³-hybridized carbons (Fsp3) is 0.421. The molecule has 6 heteroatoms. The van der Waals surface area contributed by atoms with E-state index >= 15 is 0 Å². The van der Waals surface area contributed by atoms with Crippen LogP contribution in [0.2, 0.25) is 0 Å². The topological polar surface area (TPSA) is 68.8 Å². The van der Waals surface area contributed by atoms with Crippen molar-refractivity contribution in [3.05, 3.63) is 53.8 Å². The summed E-state index contributed by atoms with van der Waals surface area (Å²) >= 11 is 0. The van der Waals surface area contributed by atoms with Crippen molar-refractivity contribution in [2.24, 2.45) is 0 Å². The maximum atomic E-state index is 5.47. The molecule has 6 nitrogen and oxygen atoms in total. The Morgan fingerprint density at radius 1 is 1.28 bits per heavy atom. The van der Waals surface area contributed by atoms with Crippen molar-refractivity contribution in [2.75, 3.05) is 0 Å². The van der Waals surface area contributed by atoms with E-state index in [1.54, 1.807) is 0 Å². The molecule has 1 aromatic carbocycles. The van der Waals surface area contributed by atoms with E-state index in [9.17, 15) is 0 Å². The predicted molar refractivity (Wildman–Crippen MR) is 95.0 cm³/mol. The van der Waals surface area contributed by atoms with Crippen molar-refractivity contribution in [3.63, 3.8) is 0 Å². The van der Waals surface area contributed by atoms with E-state index in [1.165, 1.54) is 0 Å². The maximum absolute atomic E-state index is 5.47. The molecular formula is C19H23N5O. The van der Waals surface area contributed by atoms with Crippen molar-refractivity contribution in [2.45, 2.75) is 51.7 Å². The molecule has 1 unspecified atom stereocenters. The third-order valence-electron chi connectivity index (χ3n) is 4.58. The molecule has 25 heavy (non-hydrogen) atoms. The van der Waals surface area contributed by atoms with Gasteiger partial charge in [0, 0.05) is 30.0 Å². The molecule has 1 N–H and O–H groups in total. The average molecular weight is 337 g/mol. The summed E-state index contributed by atoms with van der Waals surface area (Å²) in [4.78, 5) is 4.64. The van der Waals surface area contributed by atoms with Gasteiger partial charge in [-0.15, -0.1) is 0 Å². The Balaban J connectivity index is 1.37. The minimum atomic E-state index is 0.370. The van der Waals surface area contributed by atoms with Gasteiger partial charge in [0.2, 0.25) is 0 Å². The molecule has 1 aliphatic heterocycles. The highest BCUT2D eigenvalue weighted by Crippen LogP contribution is 2.20. The highest BCUT2D eigenvalue weighted by molar-refractivity contribution is 5.58. The summed E-state index contributed by atoms with van der Waals surface area (Å²) in [5.74, 6) is 3.27. The van der Waals surface area contributed by atoms with Gasteiger partial charge in [0.15, 0.2) is 11.6 Å². The molecule has 0 spiro atoms. The molecule has 0 radical (unpaired) electrons. The van der Waals surface area contributed by atoms with Crippen LogP contribution in [0.5, 0.6) is 0 Å². The number of hydrogen-bond donors (Lipinski definition) is 1. The standard InChI is InChI=1S/C19H23N5O/c1-13(2)19-21-18-9-8-15(12-24(18)22-19)20-11-16-10-17(23-25-16)14-6-4-3-5-7-14/h3-7,10,13,15,20H,8-9,11-12H2,1-2H3. The summed E-state index contributed by atoms with van der Waals surface area (Å²) in [6.07, 6.45) is 2.03. The molecule has 130 valence electrons. The minimum Gasteiger partial charge on any atom is -0.359 e. The van der Waals surface area contributed by atoms with Gasteiger partial charge < -0.3 is 9.84 Å². The summed E-state index contributed by atoms with van der Waals surface area (Å²) in [6, 6.07) is 12.5. The van der Waals surface area contributed by atoms with E-state index in [2.05, 4.69) is 34.4 Å². The lowest BCUT2D eigenvalue weighted by atomic mass is 10.1. The fourth-order valence-electron chi connectivity index (χ4n) is 3.13. The summed E-state index contributed by atoms with van der Waals surface area (Å²) in [7, 11) is 0. The van der Waals surface area contributed by atoms with E-state index in [1.807, 2.05) is 41.1 Å². The van der Waals surface area contributed by atoms with Gasteiger partial charge in [-0.25, -0.2) is 9.67 Å². The number of aryl methyl sites for hydroxylation is 1. The third kappa shape index (κ3) is 3.49. The predicted octanol–water partition coefficient (Wildman–Crippen LogP) is 3.16. The van der Waals surface area contributed by atoms with Crippen LogP contribution in [0.3, 0.4) is 0 Å².